The Balaban J connectivity index is 3.03. The van der Waals surface area contributed by atoms with Gasteiger partial charge in [-0.15, -0.1) is 0 Å². The van der Waals surface area contributed by atoms with Crippen LogP contribution in [0.15, 0.2) is 0 Å². The lowest BCUT2D eigenvalue weighted by Gasteiger charge is -2.15. The number of aromatic nitrogens is 2. The maximum absolute atomic E-state index is 10.7. The molecule has 16 heavy (non-hydrogen) atoms. The molecule has 6 nitrogen and oxygen atoms in total. The molecule has 6 heteroatoms. The first kappa shape index (κ1) is 12.2. The van der Waals surface area contributed by atoms with Gasteiger partial charge in [-0.25, -0.2) is 14.8 Å². The summed E-state index contributed by atoms with van der Waals surface area (Å²) in [7, 11) is 3.24. The first-order valence-electron chi connectivity index (χ1n) is 4.91. The highest BCUT2D eigenvalue weighted by Crippen LogP contribution is 2.13. The van der Waals surface area contributed by atoms with Crippen LogP contribution in [-0.2, 0) is 6.54 Å². The van der Waals surface area contributed by atoms with Crippen molar-refractivity contribution in [3.05, 3.63) is 17.0 Å². The lowest BCUT2D eigenvalue weighted by molar-refractivity contribution is 0.153. The molecule has 2 N–H and O–H groups in total. The van der Waals surface area contributed by atoms with Gasteiger partial charge in [0, 0.05) is 19.8 Å². The number of hydrogen-bond acceptors (Lipinski definition) is 4. The Kier molecular flexibility index (Phi) is 3.65. The van der Waals surface area contributed by atoms with E-state index in [0.717, 1.165) is 17.0 Å². The van der Waals surface area contributed by atoms with Crippen LogP contribution in [0.25, 0.3) is 0 Å². The van der Waals surface area contributed by atoms with Gasteiger partial charge in [-0.2, -0.15) is 0 Å². The zero-order valence-electron chi connectivity index (χ0n) is 9.90. The molecule has 0 aliphatic rings. The smallest absolute Gasteiger partial charge is 0.407 e. The zero-order chi connectivity index (χ0) is 12.3. The molecule has 0 aliphatic heterocycles. The summed E-state index contributed by atoms with van der Waals surface area (Å²) >= 11 is 0. The van der Waals surface area contributed by atoms with Gasteiger partial charge in [-0.3, -0.25) is 0 Å². The minimum Gasteiger partial charge on any atom is -0.465 e. The van der Waals surface area contributed by atoms with E-state index in [1.807, 2.05) is 13.8 Å². The third-order valence-electron chi connectivity index (χ3n) is 2.43. The average molecular weight is 224 g/mol. The molecular formula is C10H16N4O2. The summed E-state index contributed by atoms with van der Waals surface area (Å²) in [6.07, 6.45) is -0.971. The van der Waals surface area contributed by atoms with Crippen LogP contribution in [0.4, 0.5) is 10.7 Å². The fourth-order valence-corrected chi connectivity index (χ4v) is 1.25. The van der Waals surface area contributed by atoms with Crippen molar-refractivity contribution in [2.75, 3.05) is 19.4 Å². The van der Waals surface area contributed by atoms with Gasteiger partial charge in [0.15, 0.2) is 0 Å². The molecule has 1 aromatic heterocycles. The van der Waals surface area contributed by atoms with Gasteiger partial charge in [0.05, 0.1) is 12.2 Å². The summed E-state index contributed by atoms with van der Waals surface area (Å²) < 4.78 is 0. The molecule has 0 atom stereocenters. The molecule has 1 heterocycles. The zero-order valence-corrected chi connectivity index (χ0v) is 9.90. The van der Waals surface area contributed by atoms with E-state index in [-0.39, 0.29) is 6.54 Å². The van der Waals surface area contributed by atoms with Crippen molar-refractivity contribution in [2.24, 2.45) is 0 Å². The summed E-state index contributed by atoms with van der Waals surface area (Å²) in [5, 5.41) is 11.6. The Morgan fingerprint density at radius 2 is 2.06 bits per heavy atom. The summed E-state index contributed by atoms with van der Waals surface area (Å²) in [5.74, 6) is 0.511. The predicted octanol–water partition coefficient (Wildman–Crippen LogP) is 1.24. The fraction of sp³-hybridized carbons (Fsp3) is 0.500. The number of hydrogen-bond donors (Lipinski definition) is 2. The number of amides is 1. The Labute approximate surface area is 94.3 Å². The van der Waals surface area contributed by atoms with Crippen LogP contribution in [0.3, 0.4) is 0 Å². The molecule has 0 bridgehead atoms. The van der Waals surface area contributed by atoms with Crippen LogP contribution in [0, 0.1) is 13.8 Å². The quantitative estimate of drug-likeness (QED) is 0.807. The van der Waals surface area contributed by atoms with E-state index in [1.54, 1.807) is 7.05 Å². The van der Waals surface area contributed by atoms with Gasteiger partial charge in [-0.05, 0) is 19.4 Å². The fourth-order valence-electron chi connectivity index (χ4n) is 1.25. The Bertz CT molecular complexity index is 406. The molecule has 0 aliphatic carbocycles. The molecule has 0 fully saturated rings. The molecule has 0 unspecified atom stereocenters. The minimum absolute atomic E-state index is 0.263. The predicted molar refractivity (Wildman–Crippen MR) is 60.5 cm³/mol. The molecular weight excluding hydrogens is 208 g/mol. The van der Waals surface area contributed by atoms with Gasteiger partial charge in [-0.1, -0.05) is 0 Å². The second-order valence-corrected chi connectivity index (χ2v) is 3.59. The number of nitrogens with one attached hydrogen (secondary N) is 1. The monoisotopic (exact) mass is 224 g/mol. The van der Waals surface area contributed by atoms with Crippen LogP contribution >= 0.6 is 0 Å². The number of nitrogens with zero attached hydrogens (tertiary/aromatic N) is 3. The van der Waals surface area contributed by atoms with E-state index in [2.05, 4.69) is 15.3 Å². The molecule has 0 radical (unpaired) electrons. The topological polar surface area (TPSA) is 78.4 Å². The van der Waals surface area contributed by atoms with Crippen LogP contribution in [0.1, 0.15) is 17.0 Å². The van der Waals surface area contributed by atoms with Crippen molar-refractivity contribution >= 4 is 12.0 Å². The maximum atomic E-state index is 10.7. The molecule has 1 amide bonds. The minimum atomic E-state index is -0.971. The molecule has 88 valence electrons. The summed E-state index contributed by atoms with van der Waals surface area (Å²) in [5.41, 5.74) is 2.50. The van der Waals surface area contributed by atoms with Crippen molar-refractivity contribution in [2.45, 2.75) is 20.4 Å². The summed E-state index contributed by atoms with van der Waals surface area (Å²) in [6.45, 7) is 4.03. The first-order valence-corrected chi connectivity index (χ1v) is 4.91. The van der Waals surface area contributed by atoms with Crippen molar-refractivity contribution in [3.63, 3.8) is 0 Å². The number of anilines is 1. The lowest BCUT2D eigenvalue weighted by atomic mass is 10.2. The Morgan fingerprint density at radius 1 is 1.44 bits per heavy atom. The first-order chi connectivity index (χ1) is 7.45. The second kappa shape index (κ2) is 4.78. The van der Waals surface area contributed by atoms with E-state index in [9.17, 15) is 4.79 Å². The highest BCUT2D eigenvalue weighted by molar-refractivity contribution is 5.64. The van der Waals surface area contributed by atoms with Gasteiger partial charge >= 0.3 is 6.09 Å². The lowest BCUT2D eigenvalue weighted by Crippen LogP contribution is -2.25. The normalized spacial score (nSPS) is 10.0. The number of rotatable bonds is 3. The van der Waals surface area contributed by atoms with E-state index < -0.39 is 6.09 Å². The van der Waals surface area contributed by atoms with Gasteiger partial charge in [0.1, 0.15) is 0 Å². The average Bonchev–Trinajstić information content (AvgIpc) is 2.24. The van der Waals surface area contributed by atoms with Gasteiger partial charge < -0.3 is 15.3 Å². The van der Waals surface area contributed by atoms with Crippen LogP contribution in [0.2, 0.25) is 0 Å². The number of aryl methyl sites for hydroxylation is 1. The van der Waals surface area contributed by atoms with E-state index in [4.69, 9.17) is 5.11 Å². The van der Waals surface area contributed by atoms with Crippen LogP contribution < -0.4 is 5.32 Å². The Morgan fingerprint density at radius 3 is 2.56 bits per heavy atom. The van der Waals surface area contributed by atoms with Crippen molar-refractivity contribution in [1.29, 1.82) is 0 Å². The second-order valence-electron chi connectivity index (χ2n) is 3.59. The molecule has 0 spiro atoms. The SMILES string of the molecule is CNc1nc(C)c(C)c(CN(C)C(=O)O)n1. The van der Waals surface area contributed by atoms with E-state index >= 15 is 0 Å². The summed E-state index contributed by atoms with van der Waals surface area (Å²) in [4.78, 5) is 20.4. The maximum Gasteiger partial charge on any atom is 0.407 e. The van der Waals surface area contributed by atoms with Crippen LogP contribution in [-0.4, -0.2) is 40.2 Å². The third-order valence-corrected chi connectivity index (χ3v) is 2.43. The highest BCUT2D eigenvalue weighted by atomic mass is 16.4. The van der Waals surface area contributed by atoms with E-state index in [1.165, 1.54) is 11.9 Å². The van der Waals surface area contributed by atoms with E-state index in [0.29, 0.717) is 5.95 Å². The molecule has 0 saturated carbocycles. The highest BCUT2D eigenvalue weighted by Gasteiger charge is 2.12. The van der Waals surface area contributed by atoms with Crippen LogP contribution in [0.5, 0.6) is 0 Å². The van der Waals surface area contributed by atoms with Crippen molar-refractivity contribution < 1.29 is 9.90 Å². The van der Waals surface area contributed by atoms with Gasteiger partial charge in [0.2, 0.25) is 5.95 Å². The largest absolute Gasteiger partial charge is 0.465 e. The molecule has 1 aromatic rings. The number of carbonyl (C=O) groups is 1. The van der Waals surface area contributed by atoms with Gasteiger partial charge in [0.25, 0.3) is 0 Å². The number of carboxylic acid groups (broad SMARTS) is 1. The molecule has 0 aromatic carbocycles. The van der Waals surface area contributed by atoms with Crippen molar-refractivity contribution in [3.8, 4) is 0 Å². The molecule has 1 rings (SSSR count). The Hall–Kier alpha value is -1.85. The van der Waals surface area contributed by atoms with Crippen molar-refractivity contribution in [1.82, 2.24) is 14.9 Å². The molecule has 0 saturated heterocycles. The summed E-state index contributed by atoms with van der Waals surface area (Å²) in [6, 6.07) is 0. The standard InChI is InChI=1S/C10H16N4O2/c1-6-7(2)12-9(11-3)13-8(6)5-14(4)10(15)16/h5H2,1-4H3,(H,15,16)(H,11,12,13). The third kappa shape index (κ3) is 2.59.